The molecule has 0 bridgehead atoms. The zero-order valence-electron chi connectivity index (χ0n) is 10.2. The first kappa shape index (κ1) is 11.2. The predicted octanol–water partition coefficient (Wildman–Crippen LogP) is 3.11. The largest absolute Gasteiger partial charge is 0.396 e. The van der Waals surface area contributed by atoms with Gasteiger partial charge in [-0.1, -0.05) is 17.7 Å². The highest BCUT2D eigenvalue weighted by molar-refractivity contribution is 6.36. The second kappa shape index (κ2) is 3.78. The van der Waals surface area contributed by atoms with E-state index in [0.717, 1.165) is 27.9 Å². The number of nitrogen functional groups attached to an aromatic ring is 1. The van der Waals surface area contributed by atoms with Crippen molar-refractivity contribution in [3.8, 4) is 11.3 Å². The number of anilines is 1. The number of nitrogens with one attached hydrogen (secondary N) is 1. The van der Waals surface area contributed by atoms with Crippen LogP contribution in [0.15, 0.2) is 24.4 Å². The normalized spacial score (nSPS) is 11.3. The van der Waals surface area contributed by atoms with Crippen molar-refractivity contribution in [3.05, 3.63) is 35.1 Å². The fourth-order valence-corrected chi connectivity index (χ4v) is 2.66. The van der Waals surface area contributed by atoms with E-state index in [1.807, 2.05) is 32.2 Å². The summed E-state index contributed by atoms with van der Waals surface area (Å²) >= 11 is 6.31. The first-order valence-corrected chi connectivity index (χ1v) is 6.02. The van der Waals surface area contributed by atoms with E-state index in [4.69, 9.17) is 17.3 Å². The molecule has 0 aliphatic heterocycles. The highest BCUT2D eigenvalue weighted by Crippen LogP contribution is 2.38. The van der Waals surface area contributed by atoms with Crippen molar-refractivity contribution < 1.29 is 0 Å². The summed E-state index contributed by atoms with van der Waals surface area (Å²) in [6.07, 6.45) is 1.66. The van der Waals surface area contributed by atoms with Gasteiger partial charge in [-0.15, -0.1) is 0 Å². The molecule has 0 radical (unpaired) electrons. The Labute approximate surface area is 109 Å². The van der Waals surface area contributed by atoms with Crippen molar-refractivity contribution in [3.63, 3.8) is 0 Å². The standard InChI is InChI=1S/C13H13ClN4/c1-7-11(13-9(15)6-16-18(13)2)12-8(14)4-3-5-10(12)17-7/h3-6,17H,15H2,1-2H3. The number of fused-ring (bicyclic) bond motifs is 1. The monoisotopic (exact) mass is 260 g/mol. The summed E-state index contributed by atoms with van der Waals surface area (Å²) in [4.78, 5) is 3.33. The molecule has 0 aliphatic rings. The maximum atomic E-state index is 6.31. The quantitative estimate of drug-likeness (QED) is 0.706. The number of H-pyrrole nitrogens is 1. The molecule has 1 aromatic carbocycles. The van der Waals surface area contributed by atoms with Crippen molar-refractivity contribution in [1.29, 1.82) is 0 Å². The molecule has 3 aromatic rings. The van der Waals surface area contributed by atoms with Gasteiger partial charge in [0.05, 0.1) is 22.6 Å². The summed E-state index contributed by atoms with van der Waals surface area (Å²) in [5.41, 5.74) is 10.6. The molecule has 0 saturated heterocycles. The minimum absolute atomic E-state index is 0.654. The highest BCUT2D eigenvalue weighted by Gasteiger charge is 2.18. The number of hydrogen-bond donors (Lipinski definition) is 2. The van der Waals surface area contributed by atoms with E-state index in [0.29, 0.717) is 10.7 Å². The van der Waals surface area contributed by atoms with Gasteiger partial charge >= 0.3 is 0 Å². The third-order valence-corrected chi connectivity index (χ3v) is 3.48. The number of rotatable bonds is 1. The molecule has 2 aromatic heterocycles. The Hall–Kier alpha value is -1.94. The third-order valence-electron chi connectivity index (χ3n) is 3.16. The van der Waals surface area contributed by atoms with Gasteiger partial charge in [0, 0.05) is 29.2 Å². The number of nitrogens with two attached hydrogens (primary N) is 1. The molecule has 92 valence electrons. The van der Waals surface area contributed by atoms with Crippen molar-refractivity contribution in [1.82, 2.24) is 14.8 Å². The maximum Gasteiger partial charge on any atom is 0.0933 e. The Morgan fingerprint density at radius 2 is 2.17 bits per heavy atom. The predicted molar refractivity (Wildman–Crippen MR) is 74.7 cm³/mol. The van der Waals surface area contributed by atoms with Crippen molar-refractivity contribution in [2.45, 2.75) is 6.92 Å². The first-order chi connectivity index (χ1) is 8.59. The van der Waals surface area contributed by atoms with Gasteiger partial charge in [0.15, 0.2) is 0 Å². The van der Waals surface area contributed by atoms with Crippen molar-refractivity contribution >= 4 is 28.2 Å². The summed E-state index contributed by atoms with van der Waals surface area (Å²) in [7, 11) is 1.88. The fourth-order valence-electron chi connectivity index (χ4n) is 2.39. The van der Waals surface area contributed by atoms with E-state index in [1.54, 1.807) is 10.9 Å². The number of aromatic amines is 1. The lowest BCUT2D eigenvalue weighted by atomic mass is 10.1. The zero-order chi connectivity index (χ0) is 12.9. The lowest BCUT2D eigenvalue weighted by Crippen LogP contribution is -1.96. The summed E-state index contributed by atoms with van der Waals surface area (Å²) < 4.78 is 1.77. The molecule has 0 spiro atoms. The van der Waals surface area contributed by atoms with Crippen LogP contribution in [-0.2, 0) is 7.05 Å². The van der Waals surface area contributed by atoms with E-state index >= 15 is 0 Å². The van der Waals surface area contributed by atoms with E-state index in [9.17, 15) is 0 Å². The number of benzene rings is 1. The lowest BCUT2D eigenvalue weighted by molar-refractivity contribution is 0.776. The zero-order valence-corrected chi connectivity index (χ0v) is 10.9. The van der Waals surface area contributed by atoms with Gasteiger partial charge in [-0.3, -0.25) is 4.68 Å². The molecule has 3 rings (SSSR count). The first-order valence-electron chi connectivity index (χ1n) is 5.64. The molecule has 5 heteroatoms. The highest BCUT2D eigenvalue weighted by atomic mass is 35.5. The molecule has 18 heavy (non-hydrogen) atoms. The molecule has 0 amide bonds. The molecule has 2 heterocycles. The van der Waals surface area contributed by atoms with Gasteiger partial charge < -0.3 is 10.7 Å². The Bertz CT molecular complexity index is 719. The second-order valence-electron chi connectivity index (χ2n) is 4.36. The molecule has 0 unspecified atom stereocenters. The number of hydrogen-bond acceptors (Lipinski definition) is 2. The van der Waals surface area contributed by atoms with Crippen LogP contribution in [0.4, 0.5) is 5.69 Å². The van der Waals surface area contributed by atoms with Gasteiger partial charge in [0.2, 0.25) is 0 Å². The molecular weight excluding hydrogens is 248 g/mol. The van der Waals surface area contributed by atoms with E-state index in [2.05, 4.69) is 10.1 Å². The van der Waals surface area contributed by atoms with E-state index < -0.39 is 0 Å². The molecule has 0 fully saturated rings. The van der Waals surface area contributed by atoms with Crippen LogP contribution in [0.2, 0.25) is 5.02 Å². The van der Waals surface area contributed by atoms with Crippen LogP contribution in [0, 0.1) is 6.92 Å². The van der Waals surface area contributed by atoms with Crippen LogP contribution in [-0.4, -0.2) is 14.8 Å². The van der Waals surface area contributed by atoms with Gasteiger partial charge in [0.1, 0.15) is 0 Å². The third kappa shape index (κ3) is 1.42. The fraction of sp³-hybridized carbons (Fsp3) is 0.154. The molecule has 3 N–H and O–H groups in total. The Morgan fingerprint density at radius 1 is 1.39 bits per heavy atom. The van der Waals surface area contributed by atoms with Gasteiger partial charge in [-0.2, -0.15) is 5.10 Å². The number of aromatic nitrogens is 3. The average Bonchev–Trinajstić information content (AvgIpc) is 2.80. The number of nitrogens with zero attached hydrogens (tertiary/aromatic N) is 2. The molecule has 0 saturated carbocycles. The summed E-state index contributed by atoms with van der Waals surface area (Å²) in [5, 5.41) is 5.89. The molecule has 0 atom stereocenters. The van der Waals surface area contributed by atoms with Crippen LogP contribution in [0.1, 0.15) is 5.69 Å². The van der Waals surface area contributed by atoms with Crippen LogP contribution in [0.3, 0.4) is 0 Å². The second-order valence-corrected chi connectivity index (χ2v) is 4.77. The topological polar surface area (TPSA) is 59.6 Å². The molecule has 0 aliphatic carbocycles. The maximum absolute atomic E-state index is 6.31. The molecular formula is C13H13ClN4. The minimum atomic E-state index is 0.654. The van der Waals surface area contributed by atoms with Crippen LogP contribution in [0.5, 0.6) is 0 Å². The van der Waals surface area contributed by atoms with Crippen LogP contribution >= 0.6 is 11.6 Å². The summed E-state index contributed by atoms with van der Waals surface area (Å²) in [6.45, 7) is 2.01. The number of halogens is 1. The van der Waals surface area contributed by atoms with Gasteiger partial charge in [-0.25, -0.2) is 0 Å². The minimum Gasteiger partial charge on any atom is -0.396 e. The van der Waals surface area contributed by atoms with Crippen molar-refractivity contribution in [2.75, 3.05) is 5.73 Å². The van der Waals surface area contributed by atoms with E-state index in [-0.39, 0.29) is 0 Å². The van der Waals surface area contributed by atoms with Gasteiger partial charge in [0.25, 0.3) is 0 Å². The Morgan fingerprint density at radius 3 is 2.83 bits per heavy atom. The summed E-state index contributed by atoms with van der Waals surface area (Å²) in [6, 6.07) is 5.81. The van der Waals surface area contributed by atoms with Gasteiger partial charge in [-0.05, 0) is 19.1 Å². The lowest BCUT2D eigenvalue weighted by Gasteiger charge is -2.05. The average molecular weight is 261 g/mol. The van der Waals surface area contributed by atoms with Crippen LogP contribution in [0.25, 0.3) is 22.2 Å². The smallest absolute Gasteiger partial charge is 0.0933 e. The SMILES string of the molecule is Cc1[nH]c2cccc(Cl)c2c1-c1c(N)cnn1C. The summed E-state index contributed by atoms with van der Waals surface area (Å²) in [5.74, 6) is 0. The Balaban J connectivity index is 2.46. The Kier molecular flexibility index (Phi) is 2.35. The van der Waals surface area contributed by atoms with Crippen molar-refractivity contribution in [2.24, 2.45) is 7.05 Å². The van der Waals surface area contributed by atoms with E-state index in [1.165, 1.54) is 0 Å². The number of aryl methyl sites for hydroxylation is 2. The van der Waals surface area contributed by atoms with Crippen LogP contribution < -0.4 is 5.73 Å². The molecule has 4 nitrogen and oxygen atoms in total.